The highest BCUT2D eigenvalue weighted by Gasteiger charge is 2.46. The fourth-order valence-corrected chi connectivity index (χ4v) is 4.66. The number of ether oxygens (including phenoxy) is 2. The van der Waals surface area contributed by atoms with E-state index in [0.717, 1.165) is 22.3 Å². The van der Waals surface area contributed by atoms with Crippen molar-refractivity contribution in [3.8, 4) is 11.5 Å². The molecular weight excluding hydrogens is 466 g/mol. The largest absolute Gasteiger partial charge is 0.507 e. The number of aryl methyl sites for hydroxylation is 2. The predicted molar refractivity (Wildman–Crippen MR) is 144 cm³/mol. The van der Waals surface area contributed by atoms with Crippen LogP contribution in [-0.4, -0.2) is 34.4 Å². The zero-order valence-electron chi connectivity index (χ0n) is 22.2. The average Bonchev–Trinajstić information content (AvgIpc) is 3.09. The number of aliphatic hydroxyl groups excluding tert-OH is 1. The summed E-state index contributed by atoms with van der Waals surface area (Å²) in [6.45, 7) is 9.83. The Labute approximate surface area is 218 Å². The Kier molecular flexibility index (Phi) is 7.12. The molecule has 0 spiro atoms. The third-order valence-corrected chi connectivity index (χ3v) is 6.30. The number of hydrogen-bond donors (Lipinski definition) is 1. The van der Waals surface area contributed by atoms with Crippen molar-refractivity contribution in [1.29, 1.82) is 0 Å². The van der Waals surface area contributed by atoms with Crippen molar-refractivity contribution in [2.45, 2.75) is 52.8 Å². The van der Waals surface area contributed by atoms with Gasteiger partial charge in [-0.15, -0.1) is 0 Å². The molecule has 1 aliphatic heterocycles. The second-order valence-electron chi connectivity index (χ2n) is 10.3. The topological polar surface area (TPSA) is 76.1 Å². The Morgan fingerprint density at radius 1 is 0.946 bits per heavy atom. The lowest BCUT2D eigenvalue weighted by Crippen LogP contribution is -2.30. The Balaban J connectivity index is 1.86. The summed E-state index contributed by atoms with van der Waals surface area (Å²) >= 11 is 0. The molecule has 4 rings (SSSR count). The van der Waals surface area contributed by atoms with E-state index in [-0.39, 0.29) is 17.9 Å². The summed E-state index contributed by atoms with van der Waals surface area (Å²) in [6.07, 6.45) is 0. The number of benzene rings is 3. The minimum absolute atomic E-state index is 0.0642. The zero-order valence-corrected chi connectivity index (χ0v) is 22.2. The van der Waals surface area contributed by atoms with Crippen molar-refractivity contribution in [1.82, 2.24) is 4.90 Å². The maximum atomic E-state index is 13.5. The lowest BCUT2D eigenvalue weighted by atomic mass is 9.94. The van der Waals surface area contributed by atoms with Gasteiger partial charge >= 0.3 is 0 Å². The number of hydrogen-bond acceptors (Lipinski definition) is 5. The molecule has 3 aromatic rings. The quantitative estimate of drug-likeness (QED) is 0.252. The summed E-state index contributed by atoms with van der Waals surface area (Å²) in [7, 11) is 1.58. The van der Waals surface area contributed by atoms with Crippen LogP contribution < -0.4 is 9.47 Å². The van der Waals surface area contributed by atoms with E-state index < -0.39 is 23.3 Å². The number of carbonyl (C=O) groups excluding carboxylic acids is 2. The van der Waals surface area contributed by atoms with Crippen LogP contribution in [0.15, 0.2) is 72.3 Å². The number of nitrogens with zero attached hydrogens (tertiary/aromatic N) is 1. The zero-order chi connectivity index (χ0) is 26.9. The molecule has 1 unspecified atom stereocenters. The van der Waals surface area contributed by atoms with Crippen LogP contribution in [0.2, 0.25) is 0 Å². The van der Waals surface area contributed by atoms with Gasteiger partial charge in [-0.3, -0.25) is 9.59 Å². The first kappa shape index (κ1) is 26.0. The van der Waals surface area contributed by atoms with Gasteiger partial charge in [0.2, 0.25) is 0 Å². The molecule has 3 aromatic carbocycles. The summed E-state index contributed by atoms with van der Waals surface area (Å²) < 4.78 is 11.5. The monoisotopic (exact) mass is 499 g/mol. The van der Waals surface area contributed by atoms with Gasteiger partial charge in [-0.25, -0.2) is 0 Å². The molecule has 1 heterocycles. The first-order valence-corrected chi connectivity index (χ1v) is 12.3. The van der Waals surface area contributed by atoms with Gasteiger partial charge in [-0.2, -0.15) is 0 Å². The fraction of sp³-hybridized carbons (Fsp3) is 0.290. The minimum Gasteiger partial charge on any atom is -0.507 e. The molecule has 1 fully saturated rings. The molecule has 1 N–H and O–H groups in total. The molecule has 1 saturated heterocycles. The van der Waals surface area contributed by atoms with Crippen LogP contribution in [0.25, 0.3) is 5.76 Å². The molecule has 0 radical (unpaired) electrons. The first-order chi connectivity index (χ1) is 17.5. The molecule has 0 saturated carbocycles. The first-order valence-electron chi connectivity index (χ1n) is 12.3. The molecule has 37 heavy (non-hydrogen) atoms. The van der Waals surface area contributed by atoms with E-state index in [1.807, 2.05) is 83.1 Å². The van der Waals surface area contributed by atoms with E-state index in [0.29, 0.717) is 17.1 Å². The van der Waals surface area contributed by atoms with E-state index in [4.69, 9.17) is 9.47 Å². The molecule has 6 heteroatoms. The van der Waals surface area contributed by atoms with Gasteiger partial charge in [0.15, 0.2) is 0 Å². The Morgan fingerprint density at radius 2 is 1.68 bits per heavy atom. The normalized spacial score (nSPS) is 17.2. The smallest absolute Gasteiger partial charge is 0.295 e. The van der Waals surface area contributed by atoms with Crippen molar-refractivity contribution in [2.24, 2.45) is 0 Å². The SMILES string of the molecule is COc1ccc(/C(O)=C2/C(=O)C(=O)N(Cc3ccccc3OC(C)(C)C)C2c2cccc(C)c2)cc1C. The van der Waals surface area contributed by atoms with Gasteiger partial charge in [0.05, 0.1) is 25.3 Å². The molecular formula is C31H33NO5. The molecule has 0 aliphatic carbocycles. The van der Waals surface area contributed by atoms with Crippen molar-refractivity contribution in [3.05, 3.63) is 100 Å². The number of aliphatic hydroxyl groups is 1. The maximum absolute atomic E-state index is 13.5. The lowest BCUT2D eigenvalue weighted by Gasteiger charge is -2.28. The molecule has 0 bridgehead atoms. The van der Waals surface area contributed by atoms with Crippen LogP contribution in [0.5, 0.6) is 11.5 Å². The number of carbonyl (C=O) groups is 2. The number of methoxy groups -OCH3 is 1. The van der Waals surface area contributed by atoms with Crippen molar-refractivity contribution in [3.63, 3.8) is 0 Å². The third-order valence-electron chi connectivity index (χ3n) is 6.30. The number of likely N-dealkylation sites (tertiary alicyclic amines) is 1. The molecule has 1 aliphatic rings. The van der Waals surface area contributed by atoms with Crippen LogP contribution in [0.3, 0.4) is 0 Å². The summed E-state index contributed by atoms with van der Waals surface area (Å²) in [5.74, 6) is -0.277. The van der Waals surface area contributed by atoms with E-state index in [1.54, 1.807) is 25.3 Å². The number of amides is 1. The predicted octanol–water partition coefficient (Wildman–Crippen LogP) is 6.11. The summed E-state index contributed by atoms with van der Waals surface area (Å²) in [5, 5.41) is 11.4. The third kappa shape index (κ3) is 5.38. The molecule has 6 nitrogen and oxygen atoms in total. The second-order valence-corrected chi connectivity index (χ2v) is 10.3. The lowest BCUT2D eigenvalue weighted by molar-refractivity contribution is -0.140. The van der Waals surface area contributed by atoms with E-state index in [9.17, 15) is 14.7 Å². The summed E-state index contributed by atoms with van der Waals surface area (Å²) in [4.78, 5) is 28.4. The van der Waals surface area contributed by atoms with Gasteiger partial charge in [-0.05, 0) is 70.0 Å². The number of Topliss-reactive ketones (excluding diaryl/α,β-unsaturated/α-hetero) is 1. The van der Waals surface area contributed by atoms with E-state index in [1.165, 1.54) is 4.90 Å². The van der Waals surface area contributed by atoms with E-state index >= 15 is 0 Å². The minimum atomic E-state index is -0.759. The molecule has 1 amide bonds. The highest BCUT2D eigenvalue weighted by atomic mass is 16.5. The van der Waals surface area contributed by atoms with Gasteiger partial charge in [-0.1, -0.05) is 48.0 Å². The van der Waals surface area contributed by atoms with Crippen LogP contribution in [0.4, 0.5) is 0 Å². The summed E-state index contributed by atoms with van der Waals surface area (Å²) in [6, 6.07) is 19.6. The molecule has 1 atom stereocenters. The molecule has 0 aromatic heterocycles. The number of ketones is 1. The van der Waals surface area contributed by atoms with Crippen molar-refractivity contribution in [2.75, 3.05) is 7.11 Å². The highest BCUT2D eigenvalue weighted by molar-refractivity contribution is 6.46. The van der Waals surface area contributed by atoms with E-state index in [2.05, 4.69) is 0 Å². The fourth-order valence-electron chi connectivity index (χ4n) is 4.66. The standard InChI is InChI=1S/C31H33NO5/c1-19-10-9-12-21(16-19)27-26(28(33)22-14-15-24(36-6)20(2)17-22)29(34)30(35)32(27)18-23-11-7-8-13-25(23)37-31(3,4)5/h7-17,27,33H,18H2,1-6H3/b28-26-. The highest BCUT2D eigenvalue weighted by Crippen LogP contribution is 2.41. The molecule has 192 valence electrons. The van der Waals surface area contributed by atoms with Crippen molar-refractivity contribution < 1.29 is 24.2 Å². The van der Waals surface area contributed by atoms with Crippen molar-refractivity contribution >= 4 is 17.4 Å². The number of para-hydroxylation sites is 1. The Hall–Kier alpha value is -4.06. The van der Waals surface area contributed by atoms with Crippen LogP contribution in [-0.2, 0) is 16.1 Å². The number of rotatable bonds is 6. The van der Waals surface area contributed by atoms with Gasteiger partial charge in [0.1, 0.15) is 22.9 Å². The average molecular weight is 500 g/mol. The van der Waals surface area contributed by atoms with Gasteiger partial charge in [0.25, 0.3) is 11.7 Å². The van der Waals surface area contributed by atoms with Crippen LogP contribution >= 0.6 is 0 Å². The second kappa shape index (κ2) is 10.1. The van der Waals surface area contributed by atoms with Gasteiger partial charge in [0, 0.05) is 11.1 Å². The summed E-state index contributed by atoms with van der Waals surface area (Å²) in [5.41, 5.74) is 3.39. The Morgan fingerprint density at radius 3 is 2.32 bits per heavy atom. The Bertz CT molecular complexity index is 1380. The van der Waals surface area contributed by atoms with Gasteiger partial charge < -0.3 is 19.5 Å². The van der Waals surface area contributed by atoms with Crippen LogP contribution in [0, 0.1) is 13.8 Å². The maximum Gasteiger partial charge on any atom is 0.295 e. The van der Waals surface area contributed by atoms with Crippen LogP contribution in [0.1, 0.15) is 54.6 Å².